The number of nitrogens with one attached hydrogen (secondary N) is 2. The van der Waals surface area contributed by atoms with Gasteiger partial charge < -0.3 is 20.1 Å². The Balaban J connectivity index is 1.50. The third-order valence-corrected chi connectivity index (χ3v) is 4.67. The molecule has 1 aliphatic rings. The van der Waals surface area contributed by atoms with Crippen molar-refractivity contribution >= 4 is 23.5 Å². The summed E-state index contributed by atoms with van der Waals surface area (Å²) < 4.78 is 10.6. The summed E-state index contributed by atoms with van der Waals surface area (Å²) in [6.45, 7) is 3.75. The highest BCUT2D eigenvalue weighted by Gasteiger charge is 2.30. The number of carbonyl (C=O) groups excluding carboxylic acids is 3. The van der Waals surface area contributed by atoms with E-state index in [1.165, 1.54) is 0 Å². The summed E-state index contributed by atoms with van der Waals surface area (Å²) in [5.74, 6) is -0.617. The molecule has 0 aromatic heterocycles. The van der Waals surface area contributed by atoms with Crippen molar-refractivity contribution in [2.24, 2.45) is 5.92 Å². The highest BCUT2D eigenvalue weighted by atomic mass is 16.5. The second kappa shape index (κ2) is 9.91. The molecule has 1 aliphatic heterocycles. The molecule has 158 valence electrons. The molecule has 0 bridgehead atoms. The number of hydrogen-bond acceptors (Lipinski definition) is 5. The molecule has 0 unspecified atom stereocenters. The number of amides is 2. The van der Waals surface area contributed by atoms with Gasteiger partial charge in [-0.2, -0.15) is 0 Å². The van der Waals surface area contributed by atoms with Crippen molar-refractivity contribution in [3.63, 3.8) is 0 Å². The van der Waals surface area contributed by atoms with Gasteiger partial charge in [0, 0.05) is 0 Å². The molecule has 30 heavy (non-hydrogen) atoms. The van der Waals surface area contributed by atoms with Gasteiger partial charge in [-0.05, 0) is 30.0 Å². The standard InChI is InChI=1S/C23H26N2O5/c1-15(2)12-18(16-8-4-3-5-9-16)24-21(26)14-29-22(27)13-20-23(28)25-17-10-6-7-11-19(17)30-20/h3-11,15,18,20H,12-14H2,1-2H3,(H,24,26)(H,25,28)/t18-,20+/m1/s1. The Morgan fingerprint density at radius 3 is 2.53 bits per heavy atom. The zero-order chi connectivity index (χ0) is 21.5. The highest BCUT2D eigenvalue weighted by molar-refractivity contribution is 5.99. The van der Waals surface area contributed by atoms with Crippen LogP contribution in [0.3, 0.4) is 0 Å². The minimum atomic E-state index is -0.992. The molecule has 0 saturated carbocycles. The number of esters is 1. The maximum atomic E-state index is 12.3. The lowest BCUT2D eigenvalue weighted by molar-refractivity contribution is -0.151. The first-order chi connectivity index (χ1) is 14.4. The van der Waals surface area contributed by atoms with Gasteiger partial charge in [-0.3, -0.25) is 14.4 Å². The summed E-state index contributed by atoms with van der Waals surface area (Å²) in [6, 6.07) is 16.5. The molecule has 2 aromatic rings. The van der Waals surface area contributed by atoms with Crippen LogP contribution in [0.15, 0.2) is 54.6 Å². The third kappa shape index (κ3) is 5.83. The topological polar surface area (TPSA) is 93.7 Å². The van der Waals surface area contributed by atoms with Gasteiger partial charge >= 0.3 is 5.97 Å². The number of carbonyl (C=O) groups is 3. The van der Waals surface area contributed by atoms with E-state index >= 15 is 0 Å². The smallest absolute Gasteiger partial charge is 0.310 e. The molecule has 7 heteroatoms. The van der Waals surface area contributed by atoms with Gasteiger partial charge in [-0.1, -0.05) is 56.3 Å². The molecular formula is C23H26N2O5. The molecule has 0 fully saturated rings. The molecule has 2 aromatic carbocycles. The van der Waals surface area contributed by atoms with Crippen molar-refractivity contribution in [2.75, 3.05) is 11.9 Å². The summed E-state index contributed by atoms with van der Waals surface area (Å²) in [5, 5.41) is 5.61. The number of hydrogen-bond donors (Lipinski definition) is 2. The van der Waals surface area contributed by atoms with Gasteiger partial charge in [-0.15, -0.1) is 0 Å². The molecule has 3 rings (SSSR count). The predicted molar refractivity (Wildman–Crippen MR) is 112 cm³/mol. The lowest BCUT2D eigenvalue weighted by Gasteiger charge is -2.25. The number of fused-ring (bicyclic) bond motifs is 1. The zero-order valence-corrected chi connectivity index (χ0v) is 17.1. The summed E-state index contributed by atoms with van der Waals surface area (Å²) in [5.41, 5.74) is 1.56. The Labute approximate surface area is 175 Å². The van der Waals surface area contributed by atoms with Crippen molar-refractivity contribution in [1.82, 2.24) is 5.32 Å². The van der Waals surface area contributed by atoms with E-state index in [2.05, 4.69) is 24.5 Å². The molecule has 2 N–H and O–H groups in total. The fourth-order valence-electron chi connectivity index (χ4n) is 3.25. The average molecular weight is 410 g/mol. The van der Waals surface area contributed by atoms with E-state index < -0.39 is 30.5 Å². The maximum absolute atomic E-state index is 12.3. The van der Waals surface area contributed by atoms with E-state index in [0.29, 0.717) is 17.4 Å². The minimum absolute atomic E-state index is 0.165. The number of benzene rings is 2. The molecule has 0 aliphatic carbocycles. The lowest BCUT2D eigenvalue weighted by atomic mass is 9.97. The van der Waals surface area contributed by atoms with Crippen LogP contribution in [0.5, 0.6) is 5.75 Å². The van der Waals surface area contributed by atoms with Gasteiger partial charge in [0.2, 0.25) is 0 Å². The summed E-state index contributed by atoms with van der Waals surface area (Å²) in [4.78, 5) is 36.6. The molecule has 0 radical (unpaired) electrons. The van der Waals surface area contributed by atoms with E-state index in [-0.39, 0.29) is 12.5 Å². The molecule has 1 heterocycles. The Kier molecular flexibility index (Phi) is 7.06. The van der Waals surface area contributed by atoms with Crippen LogP contribution in [-0.2, 0) is 19.1 Å². The van der Waals surface area contributed by atoms with E-state index in [1.807, 2.05) is 30.3 Å². The van der Waals surface area contributed by atoms with Crippen LogP contribution < -0.4 is 15.4 Å². The number of ether oxygens (including phenoxy) is 2. The van der Waals surface area contributed by atoms with Crippen LogP contribution in [0.4, 0.5) is 5.69 Å². The van der Waals surface area contributed by atoms with E-state index in [9.17, 15) is 14.4 Å². The van der Waals surface area contributed by atoms with Crippen LogP contribution in [0.2, 0.25) is 0 Å². The van der Waals surface area contributed by atoms with E-state index in [0.717, 1.165) is 12.0 Å². The zero-order valence-electron chi connectivity index (χ0n) is 17.1. The molecular weight excluding hydrogens is 384 g/mol. The second-order valence-electron chi connectivity index (χ2n) is 7.62. The number of para-hydroxylation sites is 2. The molecule has 7 nitrogen and oxygen atoms in total. The fraction of sp³-hybridized carbons (Fsp3) is 0.348. The quantitative estimate of drug-likeness (QED) is 0.652. The van der Waals surface area contributed by atoms with Crippen molar-refractivity contribution in [3.8, 4) is 5.75 Å². The van der Waals surface area contributed by atoms with Crippen LogP contribution in [0.1, 0.15) is 38.3 Å². The van der Waals surface area contributed by atoms with Crippen molar-refractivity contribution in [3.05, 3.63) is 60.2 Å². The van der Waals surface area contributed by atoms with Crippen molar-refractivity contribution in [1.29, 1.82) is 0 Å². The Hall–Kier alpha value is -3.35. The molecule has 2 atom stereocenters. The normalized spacial score (nSPS) is 16.1. The van der Waals surface area contributed by atoms with Crippen molar-refractivity contribution < 1.29 is 23.9 Å². The van der Waals surface area contributed by atoms with Crippen LogP contribution in [-0.4, -0.2) is 30.5 Å². The molecule has 0 saturated heterocycles. The van der Waals surface area contributed by atoms with Gasteiger partial charge in [0.05, 0.1) is 18.2 Å². The van der Waals surface area contributed by atoms with Crippen molar-refractivity contribution in [2.45, 2.75) is 38.8 Å². The third-order valence-electron chi connectivity index (χ3n) is 4.67. The fourth-order valence-corrected chi connectivity index (χ4v) is 3.25. The average Bonchev–Trinajstić information content (AvgIpc) is 2.72. The first-order valence-corrected chi connectivity index (χ1v) is 9.99. The number of anilines is 1. The van der Waals surface area contributed by atoms with Gasteiger partial charge in [0.25, 0.3) is 11.8 Å². The first kappa shape index (κ1) is 21.4. The van der Waals surface area contributed by atoms with E-state index in [1.54, 1.807) is 24.3 Å². The van der Waals surface area contributed by atoms with Gasteiger partial charge in [0.1, 0.15) is 5.75 Å². The molecule has 2 amide bonds. The van der Waals surface area contributed by atoms with E-state index in [4.69, 9.17) is 9.47 Å². The van der Waals surface area contributed by atoms with Gasteiger partial charge in [-0.25, -0.2) is 0 Å². The summed E-state index contributed by atoms with van der Waals surface area (Å²) in [7, 11) is 0. The Morgan fingerprint density at radius 2 is 1.80 bits per heavy atom. The SMILES string of the molecule is CC(C)C[C@@H](NC(=O)COC(=O)C[C@@H]1Oc2ccccc2NC1=O)c1ccccc1. The lowest BCUT2D eigenvalue weighted by Crippen LogP contribution is -2.39. The summed E-state index contributed by atoms with van der Waals surface area (Å²) >= 11 is 0. The second-order valence-corrected chi connectivity index (χ2v) is 7.62. The predicted octanol–water partition coefficient (Wildman–Crippen LogP) is 3.22. The molecule has 0 spiro atoms. The monoisotopic (exact) mass is 410 g/mol. The Morgan fingerprint density at radius 1 is 1.10 bits per heavy atom. The highest BCUT2D eigenvalue weighted by Crippen LogP contribution is 2.29. The Bertz CT molecular complexity index is 897. The number of rotatable bonds is 8. The van der Waals surface area contributed by atoms with Crippen LogP contribution >= 0.6 is 0 Å². The van der Waals surface area contributed by atoms with Crippen LogP contribution in [0.25, 0.3) is 0 Å². The maximum Gasteiger partial charge on any atom is 0.310 e. The largest absolute Gasteiger partial charge is 0.478 e. The minimum Gasteiger partial charge on any atom is -0.478 e. The first-order valence-electron chi connectivity index (χ1n) is 9.99. The summed E-state index contributed by atoms with van der Waals surface area (Å²) in [6.07, 6.45) is -0.505. The van der Waals surface area contributed by atoms with Gasteiger partial charge in [0.15, 0.2) is 12.7 Å². The van der Waals surface area contributed by atoms with Crippen LogP contribution in [0, 0.1) is 5.92 Å².